The molecule has 1 N–H and O–H groups in total. The number of nitrogens with zero attached hydrogens (tertiary/aromatic N) is 1. The van der Waals surface area contributed by atoms with E-state index in [4.69, 9.17) is 16.3 Å². The van der Waals surface area contributed by atoms with Crippen molar-refractivity contribution in [2.24, 2.45) is 0 Å². The maximum Gasteiger partial charge on any atom is 0.273 e. The molecule has 0 radical (unpaired) electrons. The number of halogens is 1. The summed E-state index contributed by atoms with van der Waals surface area (Å²) in [5.74, 6) is 0.617. The summed E-state index contributed by atoms with van der Waals surface area (Å²) in [7, 11) is 1.39. The normalized spacial score (nSPS) is 10.0. The van der Waals surface area contributed by atoms with Crippen molar-refractivity contribution in [3.8, 4) is 5.75 Å². The van der Waals surface area contributed by atoms with Gasteiger partial charge in [-0.3, -0.25) is 14.9 Å². The van der Waals surface area contributed by atoms with Gasteiger partial charge in [0, 0.05) is 18.4 Å². The van der Waals surface area contributed by atoms with Gasteiger partial charge < -0.3 is 10.1 Å². The number of nitrogens with one attached hydrogen (secondary N) is 1. The fourth-order valence-corrected chi connectivity index (χ4v) is 1.68. The number of anilines is 1. The number of amides is 1. The number of carbonyl (C=O) groups is 1. The summed E-state index contributed by atoms with van der Waals surface area (Å²) >= 11 is 5.52. The summed E-state index contributed by atoms with van der Waals surface area (Å²) in [6.45, 7) is 0. The number of ether oxygens (including phenoxy) is 1. The van der Waals surface area contributed by atoms with Crippen molar-refractivity contribution in [2.45, 2.75) is 19.3 Å². The number of carbonyl (C=O) groups excluding carboxylic acids is 1. The van der Waals surface area contributed by atoms with Gasteiger partial charge in [0.25, 0.3) is 5.69 Å². The Morgan fingerprint density at radius 2 is 2.21 bits per heavy atom. The molecule has 6 nitrogen and oxygen atoms in total. The van der Waals surface area contributed by atoms with Crippen LogP contribution in [0.3, 0.4) is 0 Å². The van der Waals surface area contributed by atoms with Gasteiger partial charge in [0.2, 0.25) is 5.91 Å². The second kappa shape index (κ2) is 7.58. The number of benzene rings is 1. The highest BCUT2D eigenvalue weighted by molar-refractivity contribution is 6.17. The summed E-state index contributed by atoms with van der Waals surface area (Å²) in [5, 5.41) is 13.3. The van der Waals surface area contributed by atoms with Crippen molar-refractivity contribution in [3.63, 3.8) is 0 Å². The van der Waals surface area contributed by atoms with Crippen LogP contribution in [0.4, 0.5) is 11.4 Å². The lowest BCUT2D eigenvalue weighted by Crippen LogP contribution is -2.12. The smallest absolute Gasteiger partial charge is 0.273 e. The number of hydrogen-bond acceptors (Lipinski definition) is 4. The van der Waals surface area contributed by atoms with Crippen LogP contribution in [0.5, 0.6) is 5.75 Å². The van der Waals surface area contributed by atoms with Gasteiger partial charge in [-0.15, -0.1) is 11.6 Å². The van der Waals surface area contributed by atoms with E-state index >= 15 is 0 Å². The first kappa shape index (κ1) is 15.2. The van der Waals surface area contributed by atoms with Gasteiger partial charge in [-0.1, -0.05) is 0 Å². The largest absolute Gasteiger partial charge is 0.494 e. The molecule has 0 aliphatic rings. The predicted molar refractivity (Wildman–Crippen MR) is 72.8 cm³/mol. The van der Waals surface area contributed by atoms with Crippen LogP contribution in [0.25, 0.3) is 0 Å². The SMILES string of the molecule is COc1cc([N+](=O)[O-])ccc1NC(=O)CCCCCl. The van der Waals surface area contributed by atoms with Crippen LogP contribution in [0.2, 0.25) is 0 Å². The maximum absolute atomic E-state index is 11.6. The van der Waals surface area contributed by atoms with E-state index in [0.29, 0.717) is 24.4 Å². The maximum atomic E-state index is 11.6. The molecule has 0 aromatic heterocycles. The molecule has 7 heteroatoms. The topological polar surface area (TPSA) is 81.5 Å². The van der Waals surface area contributed by atoms with Gasteiger partial charge in [-0.05, 0) is 18.9 Å². The summed E-state index contributed by atoms with van der Waals surface area (Å²) in [6.07, 6.45) is 1.82. The minimum Gasteiger partial charge on any atom is -0.494 e. The molecule has 1 aromatic rings. The third-order valence-electron chi connectivity index (χ3n) is 2.46. The Hall–Kier alpha value is -1.82. The average molecular weight is 287 g/mol. The highest BCUT2D eigenvalue weighted by Crippen LogP contribution is 2.29. The minimum atomic E-state index is -0.519. The molecular weight excluding hydrogens is 272 g/mol. The van der Waals surface area contributed by atoms with Crippen LogP contribution >= 0.6 is 11.6 Å². The number of hydrogen-bond donors (Lipinski definition) is 1. The fraction of sp³-hybridized carbons (Fsp3) is 0.417. The van der Waals surface area contributed by atoms with Crippen LogP contribution in [0, 0.1) is 10.1 Å². The zero-order valence-corrected chi connectivity index (χ0v) is 11.3. The molecule has 0 spiro atoms. The van der Waals surface area contributed by atoms with E-state index in [1.165, 1.54) is 25.3 Å². The zero-order chi connectivity index (χ0) is 14.3. The summed E-state index contributed by atoms with van der Waals surface area (Å²) < 4.78 is 5.02. The van der Waals surface area contributed by atoms with Gasteiger partial charge >= 0.3 is 0 Å². The van der Waals surface area contributed by atoms with E-state index in [1.807, 2.05) is 0 Å². The van der Waals surface area contributed by atoms with E-state index < -0.39 is 4.92 Å². The van der Waals surface area contributed by atoms with Crippen molar-refractivity contribution >= 4 is 28.9 Å². The molecule has 0 aliphatic heterocycles. The molecule has 1 rings (SSSR count). The Balaban J connectivity index is 2.72. The Morgan fingerprint density at radius 1 is 1.47 bits per heavy atom. The van der Waals surface area contributed by atoms with Gasteiger partial charge in [0.05, 0.1) is 23.8 Å². The quantitative estimate of drug-likeness (QED) is 0.361. The summed E-state index contributed by atoms with van der Waals surface area (Å²) in [5.41, 5.74) is 0.334. The Labute approximate surface area is 115 Å². The van der Waals surface area contributed by atoms with E-state index in [0.717, 1.165) is 6.42 Å². The Kier molecular flexibility index (Phi) is 6.08. The van der Waals surface area contributed by atoms with Crippen LogP contribution in [-0.4, -0.2) is 23.8 Å². The number of non-ortho nitro benzene ring substituents is 1. The molecule has 0 aliphatic carbocycles. The first-order valence-electron chi connectivity index (χ1n) is 5.76. The number of nitro groups is 1. The average Bonchev–Trinajstić information content (AvgIpc) is 2.39. The minimum absolute atomic E-state index is 0.0861. The third-order valence-corrected chi connectivity index (χ3v) is 2.72. The second-order valence-electron chi connectivity index (χ2n) is 3.84. The van der Waals surface area contributed by atoms with Crippen LogP contribution < -0.4 is 10.1 Å². The lowest BCUT2D eigenvalue weighted by atomic mass is 10.2. The molecule has 0 bridgehead atoms. The zero-order valence-electron chi connectivity index (χ0n) is 10.5. The number of alkyl halides is 1. The third kappa shape index (κ3) is 4.75. The molecule has 1 aromatic carbocycles. The van der Waals surface area contributed by atoms with Crippen LogP contribution in [0.1, 0.15) is 19.3 Å². The number of methoxy groups -OCH3 is 1. The molecular formula is C12H15ClN2O4. The van der Waals surface area contributed by atoms with Crippen LogP contribution in [-0.2, 0) is 4.79 Å². The highest BCUT2D eigenvalue weighted by Gasteiger charge is 2.13. The molecule has 19 heavy (non-hydrogen) atoms. The molecule has 0 saturated carbocycles. The van der Waals surface area contributed by atoms with E-state index in [1.54, 1.807) is 0 Å². The second-order valence-corrected chi connectivity index (χ2v) is 4.21. The lowest BCUT2D eigenvalue weighted by molar-refractivity contribution is -0.384. The molecule has 1 amide bonds. The first-order chi connectivity index (χ1) is 9.08. The monoisotopic (exact) mass is 286 g/mol. The number of nitro benzene ring substituents is 1. The number of rotatable bonds is 7. The first-order valence-corrected chi connectivity index (χ1v) is 6.30. The van der Waals surface area contributed by atoms with E-state index in [9.17, 15) is 14.9 Å². The Bertz CT molecular complexity index is 465. The molecule has 0 heterocycles. The van der Waals surface area contributed by atoms with Gasteiger partial charge in [0.15, 0.2) is 0 Å². The molecule has 0 unspecified atom stereocenters. The van der Waals surface area contributed by atoms with Gasteiger partial charge in [-0.2, -0.15) is 0 Å². The van der Waals surface area contributed by atoms with E-state index in [2.05, 4.69) is 5.32 Å². The fourth-order valence-electron chi connectivity index (χ4n) is 1.49. The van der Waals surface area contributed by atoms with Crippen molar-refractivity contribution in [1.29, 1.82) is 0 Å². The Morgan fingerprint density at radius 3 is 2.79 bits per heavy atom. The molecule has 0 fully saturated rings. The summed E-state index contributed by atoms with van der Waals surface area (Å²) in [4.78, 5) is 21.7. The lowest BCUT2D eigenvalue weighted by Gasteiger charge is -2.09. The van der Waals surface area contributed by atoms with Crippen molar-refractivity contribution in [2.75, 3.05) is 18.3 Å². The predicted octanol–water partition coefficient (Wildman–Crippen LogP) is 2.95. The van der Waals surface area contributed by atoms with Crippen molar-refractivity contribution < 1.29 is 14.5 Å². The van der Waals surface area contributed by atoms with Crippen LogP contribution in [0.15, 0.2) is 18.2 Å². The standard InChI is InChI=1S/C12H15ClN2O4/c1-19-11-8-9(15(17)18)5-6-10(11)14-12(16)4-2-3-7-13/h5-6,8H,2-4,7H2,1H3,(H,14,16). The summed E-state index contributed by atoms with van der Waals surface area (Å²) in [6, 6.07) is 4.04. The molecule has 104 valence electrons. The van der Waals surface area contributed by atoms with E-state index in [-0.39, 0.29) is 17.3 Å². The molecule has 0 saturated heterocycles. The number of unbranched alkanes of at least 4 members (excludes halogenated alkanes) is 1. The highest BCUT2D eigenvalue weighted by atomic mass is 35.5. The van der Waals surface area contributed by atoms with Gasteiger partial charge in [0.1, 0.15) is 5.75 Å². The van der Waals surface area contributed by atoms with Gasteiger partial charge in [-0.25, -0.2) is 0 Å². The van der Waals surface area contributed by atoms with Crippen molar-refractivity contribution in [3.05, 3.63) is 28.3 Å². The molecule has 0 atom stereocenters. The van der Waals surface area contributed by atoms with Crippen molar-refractivity contribution in [1.82, 2.24) is 0 Å².